The number of thiazole rings is 1. The maximum atomic E-state index is 10.8. The van der Waals surface area contributed by atoms with Gasteiger partial charge in [0.2, 0.25) is 0 Å². The van der Waals surface area contributed by atoms with E-state index in [0.717, 1.165) is 25.3 Å². The second kappa shape index (κ2) is 5.75. The second-order valence-corrected chi connectivity index (χ2v) is 6.23. The quantitative estimate of drug-likeness (QED) is 0.480. The van der Waals surface area contributed by atoms with Gasteiger partial charge in [0.1, 0.15) is 5.01 Å². The average Bonchev–Trinajstić information content (AvgIpc) is 2.89. The van der Waals surface area contributed by atoms with Crippen LogP contribution in [0, 0.1) is 10.1 Å². The first-order valence-corrected chi connectivity index (χ1v) is 7.72. The molecule has 6 heteroatoms. The van der Waals surface area contributed by atoms with Crippen molar-refractivity contribution in [2.45, 2.75) is 0 Å². The molecule has 0 saturated heterocycles. The minimum Gasteiger partial charge on any atom is -0.258 e. The van der Waals surface area contributed by atoms with Crippen LogP contribution in [-0.4, -0.2) is 9.91 Å². The Morgan fingerprint density at radius 2 is 2.00 bits per heavy atom. The van der Waals surface area contributed by atoms with Crippen molar-refractivity contribution < 1.29 is 4.92 Å². The smallest absolute Gasteiger partial charge is 0.258 e. The highest BCUT2D eigenvalue weighted by atomic mass is 79.9. The molecule has 1 heterocycles. The number of fused-ring (bicyclic) bond motifs is 1. The van der Waals surface area contributed by atoms with Gasteiger partial charge >= 0.3 is 0 Å². The minimum atomic E-state index is -0.401. The SMILES string of the molecule is O=[N+]([O-])c1ccc(Br)c(C=Cc2nc3ccccc3s2)c1. The molecule has 4 nitrogen and oxygen atoms in total. The Kier molecular flexibility index (Phi) is 3.81. The molecule has 1 aromatic heterocycles. The van der Waals surface area contributed by atoms with Crippen molar-refractivity contribution in [1.29, 1.82) is 0 Å². The van der Waals surface area contributed by atoms with Gasteiger partial charge in [0.15, 0.2) is 0 Å². The Morgan fingerprint density at radius 3 is 2.76 bits per heavy atom. The summed E-state index contributed by atoms with van der Waals surface area (Å²) >= 11 is 4.98. The Bertz CT molecular complexity index is 825. The zero-order valence-electron chi connectivity index (χ0n) is 10.7. The first kappa shape index (κ1) is 13.9. The highest BCUT2D eigenvalue weighted by Gasteiger charge is 2.07. The summed E-state index contributed by atoms with van der Waals surface area (Å²) in [5.41, 5.74) is 1.78. The van der Waals surface area contributed by atoms with E-state index >= 15 is 0 Å². The molecular formula is C15H9BrN2O2S. The van der Waals surface area contributed by atoms with Crippen molar-refractivity contribution in [3.05, 3.63) is 67.6 Å². The lowest BCUT2D eigenvalue weighted by Crippen LogP contribution is -1.88. The fraction of sp³-hybridized carbons (Fsp3) is 0. The monoisotopic (exact) mass is 360 g/mol. The van der Waals surface area contributed by atoms with Crippen LogP contribution in [0.5, 0.6) is 0 Å². The fourth-order valence-electron chi connectivity index (χ4n) is 1.89. The van der Waals surface area contributed by atoms with Crippen molar-refractivity contribution in [2.75, 3.05) is 0 Å². The summed E-state index contributed by atoms with van der Waals surface area (Å²) in [5, 5.41) is 11.7. The summed E-state index contributed by atoms with van der Waals surface area (Å²) in [6, 6.07) is 12.6. The van der Waals surface area contributed by atoms with E-state index in [4.69, 9.17) is 0 Å². The molecule has 0 radical (unpaired) electrons. The molecule has 0 aliphatic rings. The van der Waals surface area contributed by atoms with Crippen LogP contribution in [0.2, 0.25) is 0 Å². The third-order valence-electron chi connectivity index (χ3n) is 2.91. The van der Waals surface area contributed by atoms with Gasteiger partial charge in [-0.2, -0.15) is 0 Å². The molecule has 0 unspecified atom stereocenters. The lowest BCUT2D eigenvalue weighted by molar-refractivity contribution is -0.384. The third-order valence-corrected chi connectivity index (χ3v) is 4.63. The van der Waals surface area contributed by atoms with Gasteiger partial charge in [0.25, 0.3) is 5.69 Å². The lowest BCUT2D eigenvalue weighted by atomic mass is 10.2. The number of nitro benzene ring substituents is 1. The summed E-state index contributed by atoms with van der Waals surface area (Å²) in [7, 11) is 0. The standard InChI is InChI=1S/C15H9BrN2O2S/c16-12-7-6-11(18(19)20)9-10(12)5-8-15-17-13-3-1-2-4-14(13)21-15/h1-9H. The molecule has 0 atom stereocenters. The Hall–Kier alpha value is -2.05. The number of nitro groups is 1. The molecular weight excluding hydrogens is 352 g/mol. The van der Waals surface area contributed by atoms with E-state index in [9.17, 15) is 10.1 Å². The number of aromatic nitrogens is 1. The molecule has 0 amide bonds. The molecule has 0 aliphatic heterocycles. The lowest BCUT2D eigenvalue weighted by Gasteiger charge is -1.98. The van der Waals surface area contributed by atoms with E-state index in [1.54, 1.807) is 17.4 Å². The van der Waals surface area contributed by atoms with Crippen LogP contribution in [0.3, 0.4) is 0 Å². The molecule has 3 aromatic rings. The molecule has 2 aromatic carbocycles. The highest BCUT2D eigenvalue weighted by Crippen LogP contribution is 2.26. The number of benzene rings is 2. The van der Waals surface area contributed by atoms with Crippen LogP contribution in [-0.2, 0) is 0 Å². The molecule has 0 spiro atoms. The summed E-state index contributed by atoms with van der Waals surface area (Å²) in [4.78, 5) is 14.9. The van der Waals surface area contributed by atoms with E-state index < -0.39 is 4.92 Å². The zero-order chi connectivity index (χ0) is 14.8. The Morgan fingerprint density at radius 1 is 1.19 bits per heavy atom. The van der Waals surface area contributed by atoms with Crippen LogP contribution in [0.4, 0.5) is 5.69 Å². The van der Waals surface area contributed by atoms with Crippen molar-refractivity contribution >= 4 is 55.3 Å². The molecule has 0 saturated carbocycles. The maximum absolute atomic E-state index is 10.8. The summed E-state index contributed by atoms with van der Waals surface area (Å²) in [6.07, 6.45) is 3.70. The molecule has 0 fully saturated rings. The maximum Gasteiger partial charge on any atom is 0.270 e. The number of halogens is 1. The molecule has 104 valence electrons. The van der Waals surface area contributed by atoms with Crippen LogP contribution >= 0.6 is 27.3 Å². The topological polar surface area (TPSA) is 56.0 Å². The van der Waals surface area contributed by atoms with E-state index in [1.807, 2.05) is 36.4 Å². The Balaban J connectivity index is 1.95. The van der Waals surface area contributed by atoms with Crippen molar-refractivity contribution in [3.8, 4) is 0 Å². The first-order valence-electron chi connectivity index (χ1n) is 6.11. The summed E-state index contributed by atoms with van der Waals surface area (Å²) in [6.45, 7) is 0. The number of hydrogen-bond donors (Lipinski definition) is 0. The van der Waals surface area contributed by atoms with Gasteiger partial charge in [0, 0.05) is 16.6 Å². The fourth-order valence-corrected chi connectivity index (χ4v) is 3.14. The van der Waals surface area contributed by atoms with E-state index in [1.165, 1.54) is 12.1 Å². The third kappa shape index (κ3) is 3.01. The van der Waals surface area contributed by atoms with Crippen LogP contribution in [0.15, 0.2) is 46.9 Å². The molecule has 21 heavy (non-hydrogen) atoms. The van der Waals surface area contributed by atoms with Gasteiger partial charge < -0.3 is 0 Å². The molecule has 0 N–H and O–H groups in total. The largest absolute Gasteiger partial charge is 0.270 e. The van der Waals surface area contributed by atoms with Gasteiger partial charge in [-0.25, -0.2) is 4.98 Å². The summed E-state index contributed by atoms with van der Waals surface area (Å²) in [5.74, 6) is 0. The summed E-state index contributed by atoms with van der Waals surface area (Å²) < 4.78 is 1.93. The predicted octanol–water partition coefficient (Wildman–Crippen LogP) is 5.14. The zero-order valence-corrected chi connectivity index (χ0v) is 13.1. The van der Waals surface area contributed by atoms with E-state index in [2.05, 4.69) is 20.9 Å². The van der Waals surface area contributed by atoms with Crippen molar-refractivity contribution in [2.24, 2.45) is 0 Å². The van der Waals surface area contributed by atoms with Crippen molar-refractivity contribution in [1.82, 2.24) is 4.98 Å². The second-order valence-electron chi connectivity index (χ2n) is 4.32. The van der Waals surface area contributed by atoms with E-state index in [0.29, 0.717) is 0 Å². The van der Waals surface area contributed by atoms with Gasteiger partial charge in [-0.3, -0.25) is 10.1 Å². The Labute approximate surface area is 133 Å². The first-order chi connectivity index (χ1) is 10.1. The highest BCUT2D eigenvalue weighted by molar-refractivity contribution is 9.10. The molecule has 0 aliphatic carbocycles. The number of para-hydroxylation sites is 1. The predicted molar refractivity (Wildman–Crippen MR) is 89.3 cm³/mol. The number of non-ortho nitro benzene ring substituents is 1. The van der Waals surface area contributed by atoms with Crippen LogP contribution in [0.1, 0.15) is 10.6 Å². The van der Waals surface area contributed by atoms with Crippen LogP contribution < -0.4 is 0 Å². The van der Waals surface area contributed by atoms with Gasteiger partial charge in [0.05, 0.1) is 15.1 Å². The number of hydrogen-bond acceptors (Lipinski definition) is 4. The van der Waals surface area contributed by atoms with Gasteiger partial charge in [-0.05, 0) is 29.8 Å². The van der Waals surface area contributed by atoms with E-state index in [-0.39, 0.29) is 5.69 Å². The minimum absolute atomic E-state index is 0.0714. The molecule has 3 rings (SSSR count). The van der Waals surface area contributed by atoms with Crippen LogP contribution in [0.25, 0.3) is 22.4 Å². The number of rotatable bonds is 3. The average molecular weight is 361 g/mol. The van der Waals surface area contributed by atoms with Gasteiger partial charge in [-0.15, -0.1) is 11.3 Å². The molecule has 0 bridgehead atoms. The van der Waals surface area contributed by atoms with Gasteiger partial charge in [-0.1, -0.05) is 34.1 Å². The normalized spacial score (nSPS) is 11.3. The number of nitrogens with zero attached hydrogens (tertiary/aromatic N) is 2. The van der Waals surface area contributed by atoms with Crippen molar-refractivity contribution in [3.63, 3.8) is 0 Å².